The number of anilines is 1. The zero-order valence-electron chi connectivity index (χ0n) is 12.1. The molecule has 7 heteroatoms. The van der Waals surface area contributed by atoms with Crippen LogP contribution < -0.4 is 10.1 Å². The summed E-state index contributed by atoms with van der Waals surface area (Å²) >= 11 is 1.20. The lowest BCUT2D eigenvalue weighted by Crippen LogP contribution is -2.15. The topological polar surface area (TPSA) is 51.2 Å². The van der Waals surface area contributed by atoms with E-state index >= 15 is 0 Å². The van der Waals surface area contributed by atoms with Crippen LogP contribution in [0.25, 0.3) is 10.2 Å². The van der Waals surface area contributed by atoms with Gasteiger partial charge in [-0.05, 0) is 37.3 Å². The molecule has 0 aliphatic carbocycles. The number of hydrogen-bond donors (Lipinski definition) is 1. The van der Waals surface area contributed by atoms with Crippen LogP contribution in [-0.2, 0) is 0 Å². The quantitative estimate of drug-likeness (QED) is 0.777. The molecule has 1 N–H and O–H groups in total. The van der Waals surface area contributed by atoms with Crippen LogP contribution in [0.3, 0.4) is 0 Å². The van der Waals surface area contributed by atoms with Gasteiger partial charge in [-0.15, -0.1) is 0 Å². The van der Waals surface area contributed by atoms with Crippen LogP contribution in [0.1, 0.15) is 17.3 Å². The Balaban J connectivity index is 1.88. The van der Waals surface area contributed by atoms with E-state index in [0.29, 0.717) is 17.9 Å². The molecule has 118 valence electrons. The molecule has 0 radical (unpaired) electrons. The zero-order valence-corrected chi connectivity index (χ0v) is 12.9. The molecule has 4 nitrogen and oxygen atoms in total. The first-order valence-corrected chi connectivity index (χ1v) is 7.69. The summed E-state index contributed by atoms with van der Waals surface area (Å²) in [6.45, 7) is 2.42. The summed E-state index contributed by atoms with van der Waals surface area (Å²) in [4.78, 5) is 16.3. The molecule has 0 atom stereocenters. The number of thiazole rings is 1. The first kappa shape index (κ1) is 15.4. The Morgan fingerprint density at radius 1 is 1.26 bits per heavy atom. The summed E-state index contributed by atoms with van der Waals surface area (Å²) in [6, 6.07) is 8.60. The Morgan fingerprint density at radius 3 is 2.70 bits per heavy atom. The van der Waals surface area contributed by atoms with Crippen LogP contribution >= 0.6 is 11.3 Å². The molecule has 1 amide bonds. The number of nitrogens with zero attached hydrogens (tertiary/aromatic N) is 1. The second-order valence-corrected chi connectivity index (χ2v) is 5.66. The van der Waals surface area contributed by atoms with Gasteiger partial charge in [0.2, 0.25) is 0 Å². The predicted octanol–water partition coefficient (Wildman–Crippen LogP) is 4.23. The summed E-state index contributed by atoms with van der Waals surface area (Å²) in [5, 5.41) is 2.69. The van der Waals surface area contributed by atoms with Crippen LogP contribution in [0.5, 0.6) is 5.75 Å². The lowest BCUT2D eigenvalue weighted by Gasteiger charge is -2.03. The van der Waals surface area contributed by atoms with E-state index in [0.717, 1.165) is 16.8 Å². The van der Waals surface area contributed by atoms with Gasteiger partial charge in [0.1, 0.15) is 22.9 Å². The van der Waals surface area contributed by atoms with Crippen molar-refractivity contribution >= 4 is 32.6 Å². The lowest BCUT2D eigenvalue weighted by atomic mass is 10.2. The number of nitrogens with one attached hydrogen (secondary N) is 1. The molecule has 0 bridgehead atoms. The van der Waals surface area contributed by atoms with E-state index in [1.54, 1.807) is 18.2 Å². The van der Waals surface area contributed by atoms with Crippen molar-refractivity contribution in [1.82, 2.24) is 4.98 Å². The SMILES string of the molecule is CCOc1ccc2nc(NC(=O)c3c(F)cccc3F)sc2c1. The number of benzene rings is 2. The van der Waals surface area contributed by atoms with Gasteiger partial charge in [0, 0.05) is 0 Å². The molecule has 0 saturated heterocycles. The molecule has 0 unspecified atom stereocenters. The smallest absolute Gasteiger partial charge is 0.263 e. The first-order valence-electron chi connectivity index (χ1n) is 6.87. The third-order valence-electron chi connectivity index (χ3n) is 3.08. The normalized spacial score (nSPS) is 10.7. The van der Waals surface area contributed by atoms with Crippen molar-refractivity contribution in [2.75, 3.05) is 11.9 Å². The third-order valence-corrected chi connectivity index (χ3v) is 4.01. The standard InChI is InChI=1S/C16H12F2N2O2S/c1-2-22-9-6-7-12-13(8-9)23-16(19-12)20-15(21)14-10(17)4-3-5-11(14)18/h3-8H,2H2,1H3,(H,19,20,21). The number of hydrogen-bond acceptors (Lipinski definition) is 4. The molecule has 0 spiro atoms. The van der Waals surface area contributed by atoms with Crippen molar-refractivity contribution < 1.29 is 18.3 Å². The van der Waals surface area contributed by atoms with Crippen molar-refractivity contribution in [3.63, 3.8) is 0 Å². The highest BCUT2D eigenvalue weighted by atomic mass is 32.1. The van der Waals surface area contributed by atoms with Crippen LogP contribution in [0.15, 0.2) is 36.4 Å². The number of ether oxygens (including phenoxy) is 1. The van der Waals surface area contributed by atoms with Crippen LogP contribution in [0.2, 0.25) is 0 Å². The van der Waals surface area contributed by atoms with E-state index in [9.17, 15) is 13.6 Å². The average Bonchev–Trinajstić information content (AvgIpc) is 2.88. The van der Waals surface area contributed by atoms with Gasteiger partial charge in [0.15, 0.2) is 5.13 Å². The Labute approximate surface area is 134 Å². The van der Waals surface area contributed by atoms with Gasteiger partial charge in [0.25, 0.3) is 5.91 Å². The minimum atomic E-state index is -0.915. The van der Waals surface area contributed by atoms with Gasteiger partial charge >= 0.3 is 0 Å². The Morgan fingerprint density at radius 2 is 2.00 bits per heavy atom. The number of carbonyl (C=O) groups excluding carboxylic acids is 1. The number of amides is 1. The highest BCUT2D eigenvalue weighted by molar-refractivity contribution is 7.22. The predicted molar refractivity (Wildman–Crippen MR) is 85.1 cm³/mol. The molecule has 0 aliphatic rings. The molecule has 1 aromatic heterocycles. The van der Waals surface area contributed by atoms with E-state index in [1.807, 2.05) is 6.92 Å². The molecule has 0 saturated carbocycles. The molecule has 23 heavy (non-hydrogen) atoms. The number of rotatable bonds is 4. The summed E-state index contributed by atoms with van der Waals surface area (Å²) in [5.41, 5.74) is 0.0459. The van der Waals surface area contributed by atoms with E-state index in [2.05, 4.69) is 10.3 Å². The number of halogens is 2. The van der Waals surface area contributed by atoms with Crippen LogP contribution in [-0.4, -0.2) is 17.5 Å². The van der Waals surface area contributed by atoms with Crippen molar-refractivity contribution in [1.29, 1.82) is 0 Å². The van der Waals surface area contributed by atoms with Crippen LogP contribution in [0, 0.1) is 11.6 Å². The van der Waals surface area contributed by atoms with E-state index in [-0.39, 0.29) is 5.13 Å². The summed E-state index contributed by atoms with van der Waals surface area (Å²) < 4.78 is 33.4. The fraction of sp³-hybridized carbons (Fsp3) is 0.125. The van der Waals surface area contributed by atoms with E-state index in [1.165, 1.54) is 17.4 Å². The number of fused-ring (bicyclic) bond motifs is 1. The van der Waals surface area contributed by atoms with E-state index < -0.39 is 23.1 Å². The Hall–Kier alpha value is -2.54. The van der Waals surface area contributed by atoms with Crippen molar-refractivity contribution in [2.45, 2.75) is 6.92 Å². The van der Waals surface area contributed by atoms with Crippen molar-refractivity contribution in [2.24, 2.45) is 0 Å². The maximum absolute atomic E-state index is 13.6. The fourth-order valence-corrected chi connectivity index (χ4v) is 2.98. The van der Waals surface area contributed by atoms with Gasteiger partial charge in [-0.3, -0.25) is 10.1 Å². The average molecular weight is 334 g/mol. The monoisotopic (exact) mass is 334 g/mol. The van der Waals surface area contributed by atoms with Gasteiger partial charge in [-0.2, -0.15) is 0 Å². The fourth-order valence-electron chi connectivity index (χ4n) is 2.09. The van der Waals surface area contributed by atoms with Crippen molar-refractivity contribution in [3.8, 4) is 5.75 Å². The minimum Gasteiger partial charge on any atom is -0.494 e. The second-order valence-electron chi connectivity index (χ2n) is 4.63. The Kier molecular flexibility index (Phi) is 4.20. The summed E-state index contributed by atoms with van der Waals surface area (Å²) in [7, 11) is 0. The van der Waals surface area contributed by atoms with E-state index in [4.69, 9.17) is 4.74 Å². The van der Waals surface area contributed by atoms with Gasteiger partial charge in [0.05, 0.1) is 16.8 Å². The minimum absolute atomic E-state index is 0.265. The van der Waals surface area contributed by atoms with Gasteiger partial charge < -0.3 is 4.74 Å². The molecule has 0 fully saturated rings. The zero-order chi connectivity index (χ0) is 16.4. The molecule has 3 rings (SSSR count). The molecular weight excluding hydrogens is 322 g/mol. The van der Waals surface area contributed by atoms with Crippen LogP contribution in [0.4, 0.5) is 13.9 Å². The number of carbonyl (C=O) groups is 1. The number of aromatic nitrogens is 1. The molecule has 2 aromatic carbocycles. The third kappa shape index (κ3) is 3.14. The molecule has 1 heterocycles. The second kappa shape index (κ2) is 6.29. The largest absolute Gasteiger partial charge is 0.494 e. The van der Waals surface area contributed by atoms with Gasteiger partial charge in [-0.1, -0.05) is 17.4 Å². The van der Waals surface area contributed by atoms with Gasteiger partial charge in [-0.25, -0.2) is 13.8 Å². The lowest BCUT2D eigenvalue weighted by molar-refractivity contribution is 0.101. The Bertz CT molecular complexity index is 859. The maximum Gasteiger partial charge on any atom is 0.263 e. The molecule has 3 aromatic rings. The maximum atomic E-state index is 13.6. The van der Waals surface area contributed by atoms with Crippen molar-refractivity contribution in [3.05, 3.63) is 53.6 Å². The first-order chi connectivity index (χ1) is 11.1. The highest BCUT2D eigenvalue weighted by Crippen LogP contribution is 2.29. The summed E-state index contributed by atoms with van der Waals surface area (Å²) in [5.74, 6) is -2.00. The molecule has 0 aliphatic heterocycles. The summed E-state index contributed by atoms with van der Waals surface area (Å²) in [6.07, 6.45) is 0. The molecular formula is C16H12F2N2O2S. The highest BCUT2D eigenvalue weighted by Gasteiger charge is 2.18.